The number of carbonyl (C=O) groups is 3. The SMILES string of the molecule is CNC(=O)NC(=O)[C@H](C)OC(=O)C1CCC(C(C)(C)C)CC1. The molecule has 0 aliphatic heterocycles. The number of hydrogen-bond donors (Lipinski definition) is 2. The third-order valence-electron chi connectivity index (χ3n) is 4.41. The molecule has 0 aromatic carbocycles. The maximum atomic E-state index is 12.1. The van der Waals surface area contributed by atoms with Gasteiger partial charge in [-0.05, 0) is 43.9 Å². The van der Waals surface area contributed by atoms with Crippen LogP contribution in [-0.2, 0) is 14.3 Å². The molecule has 6 nitrogen and oxygen atoms in total. The van der Waals surface area contributed by atoms with Crippen molar-refractivity contribution in [3.63, 3.8) is 0 Å². The van der Waals surface area contributed by atoms with Crippen molar-refractivity contribution in [1.82, 2.24) is 10.6 Å². The number of amides is 3. The fourth-order valence-electron chi connectivity index (χ4n) is 2.80. The number of rotatable bonds is 3. The van der Waals surface area contributed by atoms with Crippen molar-refractivity contribution in [2.75, 3.05) is 7.05 Å². The summed E-state index contributed by atoms with van der Waals surface area (Å²) in [4.78, 5) is 34.8. The number of urea groups is 1. The van der Waals surface area contributed by atoms with E-state index in [0.29, 0.717) is 5.92 Å². The molecule has 2 N–H and O–H groups in total. The van der Waals surface area contributed by atoms with E-state index in [0.717, 1.165) is 25.7 Å². The van der Waals surface area contributed by atoms with Gasteiger partial charge in [-0.1, -0.05) is 20.8 Å². The number of hydrogen-bond acceptors (Lipinski definition) is 4. The van der Waals surface area contributed by atoms with E-state index in [4.69, 9.17) is 4.74 Å². The molecule has 0 spiro atoms. The van der Waals surface area contributed by atoms with Gasteiger partial charge in [0.25, 0.3) is 5.91 Å². The number of esters is 1. The highest BCUT2D eigenvalue weighted by Gasteiger charge is 2.34. The van der Waals surface area contributed by atoms with Crippen molar-refractivity contribution in [1.29, 1.82) is 0 Å². The van der Waals surface area contributed by atoms with Crippen molar-refractivity contribution in [3.05, 3.63) is 0 Å². The van der Waals surface area contributed by atoms with Crippen LogP contribution in [-0.4, -0.2) is 31.1 Å². The monoisotopic (exact) mass is 312 g/mol. The molecular weight excluding hydrogens is 284 g/mol. The lowest BCUT2D eigenvalue weighted by molar-refractivity contribution is -0.160. The Morgan fingerprint density at radius 2 is 1.64 bits per heavy atom. The molecule has 6 heteroatoms. The quantitative estimate of drug-likeness (QED) is 0.783. The molecule has 1 rings (SSSR count). The molecule has 3 amide bonds. The first-order valence-electron chi connectivity index (χ1n) is 7.88. The van der Waals surface area contributed by atoms with Crippen molar-refractivity contribution in [2.24, 2.45) is 17.3 Å². The molecule has 0 aromatic rings. The van der Waals surface area contributed by atoms with Gasteiger partial charge >= 0.3 is 12.0 Å². The van der Waals surface area contributed by atoms with Crippen LogP contribution in [0.1, 0.15) is 53.4 Å². The molecule has 1 saturated carbocycles. The molecule has 0 radical (unpaired) electrons. The normalized spacial score (nSPS) is 23.3. The summed E-state index contributed by atoms with van der Waals surface area (Å²) in [5, 5.41) is 4.37. The molecule has 1 fully saturated rings. The Bertz CT molecular complexity index is 420. The van der Waals surface area contributed by atoms with E-state index >= 15 is 0 Å². The van der Waals surface area contributed by atoms with Gasteiger partial charge in [0.1, 0.15) is 0 Å². The first-order chi connectivity index (χ1) is 10.1. The van der Waals surface area contributed by atoms with E-state index in [1.54, 1.807) is 0 Å². The molecule has 1 atom stereocenters. The lowest BCUT2D eigenvalue weighted by atomic mass is 9.70. The Morgan fingerprint density at radius 3 is 2.09 bits per heavy atom. The second kappa shape index (κ2) is 7.61. The van der Waals surface area contributed by atoms with Gasteiger partial charge < -0.3 is 10.1 Å². The lowest BCUT2D eigenvalue weighted by Crippen LogP contribution is -2.44. The maximum Gasteiger partial charge on any atom is 0.321 e. The fourth-order valence-corrected chi connectivity index (χ4v) is 2.80. The smallest absolute Gasteiger partial charge is 0.321 e. The number of carbonyl (C=O) groups excluding carboxylic acids is 3. The zero-order valence-corrected chi connectivity index (χ0v) is 14.2. The summed E-state index contributed by atoms with van der Waals surface area (Å²) in [5.74, 6) is -0.484. The summed E-state index contributed by atoms with van der Waals surface area (Å²) in [6.07, 6.45) is 2.63. The van der Waals surface area contributed by atoms with E-state index in [9.17, 15) is 14.4 Å². The average molecular weight is 312 g/mol. The van der Waals surface area contributed by atoms with Gasteiger partial charge in [-0.15, -0.1) is 0 Å². The standard InChI is InChI=1S/C16H28N2O4/c1-10(13(19)18-15(21)17-5)22-14(20)11-6-8-12(9-7-11)16(2,3)4/h10-12H,6-9H2,1-5H3,(H2,17,18,19,21)/t10-,11?,12?/m0/s1. The predicted molar refractivity (Wildman–Crippen MR) is 83.1 cm³/mol. The van der Waals surface area contributed by atoms with Gasteiger partial charge in [0.15, 0.2) is 6.10 Å². The van der Waals surface area contributed by atoms with Crippen LogP contribution in [0.2, 0.25) is 0 Å². The van der Waals surface area contributed by atoms with E-state index in [1.165, 1.54) is 14.0 Å². The Balaban J connectivity index is 2.43. The molecule has 0 heterocycles. The number of ether oxygens (including phenoxy) is 1. The van der Waals surface area contributed by atoms with Gasteiger partial charge in [0, 0.05) is 7.05 Å². The second-order valence-corrected chi connectivity index (χ2v) is 7.06. The summed E-state index contributed by atoms with van der Waals surface area (Å²) in [7, 11) is 1.41. The van der Waals surface area contributed by atoms with Gasteiger partial charge in [0.05, 0.1) is 5.92 Å². The number of imide groups is 1. The van der Waals surface area contributed by atoms with Crippen LogP contribution >= 0.6 is 0 Å². The Kier molecular flexibility index (Phi) is 6.38. The van der Waals surface area contributed by atoms with Crippen molar-refractivity contribution in [3.8, 4) is 0 Å². The molecule has 1 aliphatic rings. The largest absolute Gasteiger partial charge is 0.452 e. The molecule has 1 aliphatic carbocycles. The molecule has 0 bridgehead atoms. The third-order valence-corrected chi connectivity index (χ3v) is 4.41. The molecule has 0 saturated heterocycles. The summed E-state index contributed by atoms with van der Waals surface area (Å²) < 4.78 is 5.19. The molecule has 126 valence electrons. The van der Waals surface area contributed by atoms with Crippen LogP contribution < -0.4 is 10.6 Å². The van der Waals surface area contributed by atoms with E-state index in [-0.39, 0.29) is 17.3 Å². The summed E-state index contributed by atoms with van der Waals surface area (Å²) in [6, 6.07) is -0.612. The van der Waals surface area contributed by atoms with Crippen LogP contribution in [0, 0.1) is 17.3 Å². The lowest BCUT2D eigenvalue weighted by Gasteiger charge is -2.36. The van der Waals surface area contributed by atoms with Gasteiger partial charge in [0.2, 0.25) is 0 Å². The first-order valence-corrected chi connectivity index (χ1v) is 7.88. The van der Waals surface area contributed by atoms with Crippen molar-refractivity contribution in [2.45, 2.75) is 59.5 Å². The van der Waals surface area contributed by atoms with E-state index < -0.39 is 18.0 Å². The highest BCUT2D eigenvalue weighted by atomic mass is 16.5. The van der Waals surface area contributed by atoms with Gasteiger partial charge in [-0.2, -0.15) is 0 Å². The Morgan fingerprint density at radius 1 is 1.09 bits per heavy atom. The minimum atomic E-state index is -0.967. The highest BCUT2D eigenvalue weighted by molar-refractivity contribution is 5.97. The van der Waals surface area contributed by atoms with Crippen molar-refractivity contribution < 1.29 is 19.1 Å². The molecule has 0 aromatic heterocycles. The van der Waals surface area contributed by atoms with E-state index in [2.05, 4.69) is 31.4 Å². The van der Waals surface area contributed by atoms with Gasteiger partial charge in [-0.25, -0.2) is 4.79 Å². The van der Waals surface area contributed by atoms with Crippen LogP contribution in [0.15, 0.2) is 0 Å². The second-order valence-electron chi connectivity index (χ2n) is 7.06. The minimum Gasteiger partial charge on any atom is -0.452 e. The Labute approximate surface area is 132 Å². The average Bonchev–Trinajstić information content (AvgIpc) is 2.46. The number of nitrogens with one attached hydrogen (secondary N) is 2. The van der Waals surface area contributed by atoms with Crippen molar-refractivity contribution >= 4 is 17.9 Å². The fraction of sp³-hybridized carbons (Fsp3) is 0.812. The first kappa shape index (κ1) is 18.5. The maximum absolute atomic E-state index is 12.1. The van der Waals surface area contributed by atoms with Crippen LogP contribution in [0.25, 0.3) is 0 Å². The van der Waals surface area contributed by atoms with Crippen LogP contribution in [0.3, 0.4) is 0 Å². The molecular formula is C16H28N2O4. The predicted octanol–water partition coefficient (Wildman–Crippen LogP) is 2.23. The Hall–Kier alpha value is -1.59. The molecule has 22 heavy (non-hydrogen) atoms. The van der Waals surface area contributed by atoms with Crippen LogP contribution in [0.4, 0.5) is 4.79 Å². The topological polar surface area (TPSA) is 84.5 Å². The summed E-state index contributed by atoms with van der Waals surface area (Å²) in [5.41, 5.74) is 0.259. The third kappa shape index (κ3) is 5.31. The minimum absolute atomic E-state index is 0.145. The van der Waals surface area contributed by atoms with Gasteiger partial charge in [-0.3, -0.25) is 14.9 Å². The zero-order valence-electron chi connectivity index (χ0n) is 14.2. The zero-order chi connectivity index (χ0) is 16.9. The summed E-state index contributed by atoms with van der Waals surface area (Å²) >= 11 is 0. The van der Waals surface area contributed by atoms with Crippen LogP contribution in [0.5, 0.6) is 0 Å². The highest BCUT2D eigenvalue weighted by Crippen LogP contribution is 2.40. The summed E-state index contributed by atoms with van der Waals surface area (Å²) in [6.45, 7) is 8.14. The van der Waals surface area contributed by atoms with E-state index in [1.807, 2.05) is 0 Å². The molecule has 0 unspecified atom stereocenters.